The number of likely N-dealkylation sites (N-methyl/N-ethyl adjacent to an activating group) is 1. The minimum Gasteiger partial charge on any atom is -0.367 e. The highest BCUT2D eigenvalue weighted by Crippen LogP contribution is 2.47. The molecular formula is C15H10F6N2O. The number of aliphatic imine (C=N–C) groups is 1. The zero-order chi connectivity index (χ0) is 17.9. The van der Waals surface area contributed by atoms with Crippen LogP contribution in [0.1, 0.15) is 27.9 Å². The lowest BCUT2D eigenvalue weighted by atomic mass is 9.92. The van der Waals surface area contributed by atoms with Crippen molar-refractivity contribution in [1.29, 1.82) is 0 Å². The SMILES string of the molecule is CN1c2cc(C(F)(F)F)c3c(c2C=CC1CC(F)(F)F)C(=O)C=N3. The van der Waals surface area contributed by atoms with Crippen LogP contribution in [0.25, 0.3) is 6.08 Å². The molecule has 0 saturated heterocycles. The van der Waals surface area contributed by atoms with Gasteiger partial charge in [0.2, 0.25) is 5.78 Å². The number of nitrogens with zero attached hydrogens (tertiary/aromatic N) is 2. The quantitative estimate of drug-likeness (QED) is 0.705. The molecule has 3 nitrogen and oxygen atoms in total. The third kappa shape index (κ3) is 2.67. The summed E-state index contributed by atoms with van der Waals surface area (Å²) in [6.45, 7) is 0. The molecule has 1 aromatic carbocycles. The standard InChI is InChI=1S/C15H10F6N2O/c1-23-7(5-14(16,17)18)2-3-8-10(23)4-9(15(19,20)21)13-12(8)11(24)6-22-13/h2-4,6-7H,5H2,1H3. The minimum absolute atomic E-state index is 0.0725. The van der Waals surface area contributed by atoms with Gasteiger partial charge in [-0.25, -0.2) is 0 Å². The van der Waals surface area contributed by atoms with E-state index in [-0.39, 0.29) is 16.8 Å². The van der Waals surface area contributed by atoms with Gasteiger partial charge in [0.05, 0.1) is 35.5 Å². The van der Waals surface area contributed by atoms with Gasteiger partial charge in [0.25, 0.3) is 0 Å². The Kier molecular flexibility index (Phi) is 3.50. The average molecular weight is 348 g/mol. The van der Waals surface area contributed by atoms with E-state index in [0.717, 1.165) is 17.2 Å². The van der Waals surface area contributed by atoms with Gasteiger partial charge in [-0.05, 0) is 6.07 Å². The summed E-state index contributed by atoms with van der Waals surface area (Å²) in [4.78, 5) is 16.5. The van der Waals surface area contributed by atoms with E-state index < -0.39 is 41.8 Å². The minimum atomic E-state index is -4.78. The first-order valence-corrected chi connectivity index (χ1v) is 6.83. The summed E-state index contributed by atoms with van der Waals surface area (Å²) in [6.07, 6.45) is -7.17. The van der Waals surface area contributed by atoms with Gasteiger partial charge in [0.15, 0.2) is 0 Å². The van der Waals surface area contributed by atoms with Gasteiger partial charge in [0.1, 0.15) is 0 Å². The number of benzene rings is 1. The molecule has 0 spiro atoms. The Bertz CT molecular complexity index is 776. The fourth-order valence-corrected chi connectivity index (χ4v) is 2.88. The number of carbonyl (C=O) groups excluding carboxylic acids is 1. The highest BCUT2D eigenvalue weighted by molar-refractivity contribution is 6.41. The molecule has 2 aliphatic heterocycles. The summed E-state index contributed by atoms with van der Waals surface area (Å²) in [5.74, 6) is -0.695. The van der Waals surface area contributed by atoms with Crippen LogP contribution in [0, 0.1) is 0 Å². The van der Waals surface area contributed by atoms with Gasteiger partial charge in [-0.3, -0.25) is 9.79 Å². The molecule has 24 heavy (non-hydrogen) atoms. The first-order chi connectivity index (χ1) is 11.0. The molecule has 1 aromatic rings. The molecule has 0 aliphatic carbocycles. The normalized spacial score (nSPS) is 19.7. The fraction of sp³-hybridized carbons (Fsp3) is 0.333. The lowest BCUT2D eigenvalue weighted by Gasteiger charge is -2.34. The molecule has 2 aliphatic rings. The van der Waals surface area contributed by atoms with Gasteiger partial charge >= 0.3 is 12.4 Å². The molecule has 0 aromatic heterocycles. The second kappa shape index (κ2) is 5.09. The molecule has 3 rings (SSSR count). The monoisotopic (exact) mass is 348 g/mol. The number of Topliss-reactive ketones (excluding diaryl/α,β-unsaturated/α-hetero) is 1. The Hall–Kier alpha value is -2.32. The number of carbonyl (C=O) groups is 1. The molecule has 0 saturated carbocycles. The van der Waals surface area contributed by atoms with Crippen LogP contribution in [0.4, 0.5) is 37.7 Å². The highest BCUT2D eigenvalue weighted by Gasteiger charge is 2.41. The van der Waals surface area contributed by atoms with Crippen LogP contribution in [0.3, 0.4) is 0 Å². The Labute approximate surface area is 132 Å². The molecule has 2 heterocycles. The summed E-state index contributed by atoms with van der Waals surface area (Å²) in [6, 6.07) is -0.397. The lowest BCUT2D eigenvalue weighted by molar-refractivity contribution is -0.138. The summed E-state index contributed by atoms with van der Waals surface area (Å²) < 4.78 is 77.6. The number of hydrogen-bond donors (Lipinski definition) is 0. The molecule has 1 unspecified atom stereocenters. The van der Waals surface area contributed by atoms with Gasteiger partial charge < -0.3 is 4.90 Å². The third-order valence-electron chi connectivity index (χ3n) is 3.98. The molecule has 0 amide bonds. The Morgan fingerprint density at radius 1 is 1.21 bits per heavy atom. The predicted molar refractivity (Wildman–Crippen MR) is 75.8 cm³/mol. The third-order valence-corrected chi connectivity index (χ3v) is 3.98. The van der Waals surface area contributed by atoms with Gasteiger partial charge in [-0.15, -0.1) is 0 Å². The summed E-state index contributed by atoms with van der Waals surface area (Å²) in [5, 5.41) is 0. The van der Waals surface area contributed by atoms with Crippen molar-refractivity contribution in [2.75, 3.05) is 11.9 Å². The molecule has 1 atom stereocenters. The fourth-order valence-electron chi connectivity index (χ4n) is 2.88. The summed E-state index contributed by atoms with van der Waals surface area (Å²) >= 11 is 0. The van der Waals surface area contributed by atoms with Crippen LogP contribution < -0.4 is 4.90 Å². The first-order valence-electron chi connectivity index (χ1n) is 6.83. The molecule has 9 heteroatoms. The van der Waals surface area contributed by atoms with Crippen molar-refractivity contribution in [2.24, 2.45) is 4.99 Å². The van der Waals surface area contributed by atoms with Gasteiger partial charge in [-0.1, -0.05) is 12.2 Å². The van der Waals surface area contributed by atoms with Crippen LogP contribution in [0.5, 0.6) is 0 Å². The topological polar surface area (TPSA) is 32.7 Å². The second-order valence-electron chi connectivity index (χ2n) is 5.56. The maximum Gasteiger partial charge on any atom is 0.418 e. The Balaban J connectivity index is 2.16. The van der Waals surface area contributed by atoms with Crippen LogP contribution in [0.2, 0.25) is 0 Å². The van der Waals surface area contributed by atoms with Crippen LogP contribution in [-0.2, 0) is 6.18 Å². The Morgan fingerprint density at radius 2 is 1.88 bits per heavy atom. The van der Waals surface area contributed by atoms with Crippen LogP contribution >= 0.6 is 0 Å². The number of halogens is 6. The van der Waals surface area contributed by atoms with Gasteiger partial charge in [-0.2, -0.15) is 26.3 Å². The van der Waals surface area contributed by atoms with E-state index in [4.69, 9.17) is 0 Å². The van der Waals surface area contributed by atoms with Crippen molar-refractivity contribution in [2.45, 2.75) is 24.8 Å². The van der Waals surface area contributed by atoms with Crippen molar-refractivity contribution in [1.82, 2.24) is 0 Å². The number of rotatable bonds is 1. The van der Waals surface area contributed by atoms with E-state index in [1.807, 2.05) is 0 Å². The zero-order valence-electron chi connectivity index (χ0n) is 12.2. The average Bonchev–Trinajstić information content (AvgIpc) is 2.81. The van der Waals surface area contributed by atoms with E-state index >= 15 is 0 Å². The van der Waals surface area contributed by atoms with E-state index in [2.05, 4.69) is 4.99 Å². The maximum atomic E-state index is 13.2. The van der Waals surface area contributed by atoms with Crippen molar-refractivity contribution >= 4 is 29.4 Å². The van der Waals surface area contributed by atoms with E-state index in [1.165, 1.54) is 19.2 Å². The van der Waals surface area contributed by atoms with Crippen molar-refractivity contribution in [3.63, 3.8) is 0 Å². The van der Waals surface area contributed by atoms with E-state index in [0.29, 0.717) is 0 Å². The summed E-state index contributed by atoms with van der Waals surface area (Å²) in [5.41, 5.74) is -1.77. The maximum absolute atomic E-state index is 13.2. The molecule has 0 radical (unpaired) electrons. The summed E-state index contributed by atoms with van der Waals surface area (Å²) in [7, 11) is 1.27. The number of hydrogen-bond acceptors (Lipinski definition) is 3. The van der Waals surface area contributed by atoms with E-state index in [1.54, 1.807) is 0 Å². The van der Waals surface area contributed by atoms with Crippen LogP contribution in [0.15, 0.2) is 17.1 Å². The highest BCUT2D eigenvalue weighted by atomic mass is 19.4. The molecular weight excluding hydrogens is 338 g/mol. The largest absolute Gasteiger partial charge is 0.418 e. The lowest BCUT2D eigenvalue weighted by Crippen LogP contribution is -2.36. The molecule has 0 bridgehead atoms. The smallest absolute Gasteiger partial charge is 0.367 e. The Morgan fingerprint density at radius 3 is 2.46 bits per heavy atom. The first kappa shape index (κ1) is 16.5. The van der Waals surface area contributed by atoms with Crippen molar-refractivity contribution in [3.8, 4) is 0 Å². The second-order valence-corrected chi connectivity index (χ2v) is 5.56. The van der Waals surface area contributed by atoms with E-state index in [9.17, 15) is 31.1 Å². The van der Waals surface area contributed by atoms with Gasteiger partial charge in [0, 0.05) is 18.3 Å². The number of alkyl halides is 6. The zero-order valence-corrected chi connectivity index (χ0v) is 12.2. The number of fused-ring (bicyclic) bond motifs is 3. The predicted octanol–water partition coefficient (Wildman–Crippen LogP) is 4.39. The molecule has 128 valence electrons. The van der Waals surface area contributed by atoms with Crippen molar-refractivity contribution < 1.29 is 31.1 Å². The van der Waals surface area contributed by atoms with Crippen molar-refractivity contribution in [3.05, 3.63) is 28.8 Å². The molecule has 0 fully saturated rings. The van der Waals surface area contributed by atoms with Crippen LogP contribution in [-0.4, -0.2) is 31.3 Å². The molecule has 0 N–H and O–H groups in total. The number of ketones is 1. The number of anilines is 1.